The third kappa shape index (κ3) is 5.53. The molecule has 112 valence electrons. The molecule has 0 aliphatic carbocycles. The molecule has 1 heterocycles. The van der Waals surface area contributed by atoms with Crippen LogP contribution in [-0.2, 0) is 9.53 Å². The predicted molar refractivity (Wildman–Crippen MR) is 80.4 cm³/mol. The molecular formula is C17H20O4. The molecule has 0 amide bonds. The maximum Gasteiger partial charge on any atom is 0.330 e. The van der Waals surface area contributed by atoms with E-state index in [4.69, 9.17) is 4.74 Å². The van der Waals surface area contributed by atoms with E-state index in [2.05, 4.69) is 0 Å². The molecule has 4 nitrogen and oxygen atoms in total. The van der Waals surface area contributed by atoms with Crippen molar-refractivity contribution in [2.45, 2.75) is 37.6 Å². The van der Waals surface area contributed by atoms with Gasteiger partial charge < -0.3 is 14.9 Å². The highest BCUT2D eigenvalue weighted by molar-refractivity contribution is 5.82. The summed E-state index contributed by atoms with van der Waals surface area (Å²) in [4.78, 5) is 11.1. The van der Waals surface area contributed by atoms with Crippen molar-refractivity contribution in [1.29, 1.82) is 0 Å². The molecule has 1 aliphatic heterocycles. The van der Waals surface area contributed by atoms with Crippen molar-refractivity contribution in [3.63, 3.8) is 0 Å². The van der Waals surface area contributed by atoms with Gasteiger partial charge in [-0.1, -0.05) is 48.6 Å². The smallest absolute Gasteiger partial charge is 0.330 e. The number of aliphatic hydroxyl groups excluding tert-OH is 2. The number of cyclic esters (lactones) is 1. The van der Waals surface area contributed by atoms with E-state index in [1.165, 1.54) is 6.08 Å². The average Bonchev–Trinajstić information content (AvgIpc) is 2.46. The minimum absolute atomic E-state index is 0.223. The first-order valence-electron chi connectivity index (χ1n) is 7.10. The highest BCUT2D eigenvalue weighted by Gasteiger charge is 2.20. The van der Waals surface area contributed by atoms with Crippen LogP contribution < -0.4 is 0 Å². The number of hydrogen-bond acceptors (Lipinski definition) is 4. The average molecular weight is 288 g/mol. The fraction of sp³-hybridized carbons (Fsp3) is 0.353. The Morgan fingerprint density at radius 3 is 2.76 bits per heavy atom. The van der Waals surface area contributed by atoms with E-state index >= 15 is 0 Å². The summed E-state index contributed by atoms with van der Waals surface area (Å²) in [5.41, 5.74) is 0.998. The van der Waals surface area contributed by atoms with Crippen LogP contribution in [-0.4, -0.2) is 34.5 Å². The van der Waals surface area contributed by atoms with E-state index in [-0.39, 0.29) is 18.5 Å². The quantitative estimate of drug-likeness (QED) is 0.786. The number of rotatable bonds is 6. The van der Waals surface area contributed by atoms with Crippen molar-refractivity contribution in [2.75, 3.05) is 0 Å². The molecule has 1 aromatic rings. The molecule has 0 saturated carbocycles. The van der Waals surface area contributed by atoms with E-state index in [0.29, 0.717) is 12.8 Å². The number of carbonyl (C=O) groups excluding carboxylic acids is 1. The fourth-order valence-corrected chi connectivity index (χ4v) is 2.26. The highest BCUT2D eigenvalue weighted by Crippen LogP contribution is 2.16. The van der Waals surface area contributed by atoms with Gasteiger partial charge >= 0.3 is 5.97 Å². The van der Waals surface area contributed by atoms with Crippen molar-refractivity contribution >= 4 is 12.0 Å². The standard InChI is InChI=1S/C17H20O4/c18-14(10-9-13-5-2-1-3-6-13)11-15(19)12-16-7-4-8-17(20)21-16/h1-6,8-10,14-16,18-19H,7,11-12H2/b10-9-/t14-,15+,16+/m0/s1. The molecule has 1 aliphatic rings. The molecule has 3 atom stereocenters. The number of benzene rings is 1. The Labute approximate surface area is 124 Å². The fourth-order valence-electron chi connectivity index (χ4n) is 2.26. The Bertz CT molecular complexity index is 507. The molecule has 0 bridgehead atoms. The van der Waals surface area contributed by atoms with E-state index in [1.54, 1.807) is 12.2 Å². The second-order valence-corrected chi connectivity index (χ2v) is 5.16. The zero-order chi connectivity index (χ0) is 15.1. The zero-order valence-electron chi connectivity index (χ0n) is 11.8. The monoisotopic (exact) mass is 288 g/mol. The SMILES string of the molecule is O=C1C=CC[C@H](C[C@H](O)C[C@@H](O)/C=C\c2ccccc2)O1. The molecule has 0 unspecified atom stereocenters. The third-order valence-corrected chi connectivity index (χ3v) is 3.29. The van der Waals surface area contributed by atoms with Crippen LogP contribution in [0.4, 0.5) is 0 Å². The van der Waals surface area contributed by atoms with Crippen LogP contribution in [0.2, 0.25) is 0 Å². The van der Waals surface area contributed by atoms with E-state index in [1.807, 2.05) is 36.4 Å². The summed E-state index contributed by atoms with van der Waals surface area (Å²) in [5.74, 6) is -0.372. The topological polar surface area (TPSA) is 66.8 Å². The molecule has 0 spiro atoms. The van der Waals surface area contributed by atoms with Crippen molar-refractivity contribution < 1.29 is 19.7 Å². The molecule has 0 radical (unpaired) electrons. The Morgan fingerprint density at radius 2 is 2.05 bits per heavy atom. The van der Waals surface area contributed by atoms with Crippen LogP contribution in [0.15, 0.2) is 48.6 Å². The predicted octanol–water partition coefficient (Wildman–Crippen LogP) is 2.07. The Morgan fingerprint density at radius 1 is 1.29 bits per heavy atom. The number of aliphatic hydroxyl groups is 2. The first kappa shape index (κ1) is 15.5. The van der Waals surface area contributed by atoms with Crippen LogP contribution >= 0.6 is 0 Å². The van der Waals surface area contributed by atoms with Crippen molar-refractivity contribution in [1.82, 2.24) is 0 Å². The van der Waals surface area contributed by atoms with Crippen LogP contribution in [0.5, 0.6) is 0 Å². The van der Waals surface area contributed by atoms with Crippen molar-refractivity contribution in [3.05, 3.63) is 54.1 Å². The maximum atomic E-state index is 11.1. The molecule has 21 heavy (non-hydrogen) atoms. The zero-order valence-corrected chi connectivity index (χ0v) is 11.8. The molecule has 4 heteroatoms. The summed E-state index contributed by atoms with van der Waals surface area (Å²) in [6.07, 6.45) is 6.05. The van der Waals surface area contributed by atoms with Gasteiger partial charge in [0.25, 0.3) is 0 Å². The van der Waals surface area contributed by atoms with Gasteiger partial charge in [-0.05, 0) is 5.56 Å². The highest BCUT2D eigenvalue weighted by atomic mass is 16.5. The van der Waals surface area contributed by atoms with Gasteiger partial charge in [-0.25, -0.2) is 4.79 Å². The Hall–Kier alpha value is -1.91. The number of hydrogen-bond donors (Lipinski definition) is 2. The van der Waals surface area contributed by atoms with Crippen LogP contribution in [0.25, 0.3) is 6.08 Å². The number of esters is 1. The summed E-state index contributed by atoms with van der Waals surface area (Å²) < 4.78 is 5.08. The summed E-state index contributed by atoms with van der Waals surface area (Å²) in [6.45, 7) is 0. The second kappa shape index (κ2) is 7.76. The van der Waals surface area contributed by atoms with Gasteiger partial charge in [0, 0.05) is 25.3 Å². The summed E-state index contributed by atoms with van der Waals surface area (Å²) in [5, 5.41) is 19.8. The van der Waals surface area contributed by atoms with Gasteiger partial charge in [0.1, 0.15) is 6.10 Å². The molecule has 0 fully saturated rings. The second-order valence-electron chi connectivity index (χ2n) is 5.16. The Balaban J connectivity index is 1.77. The largest absolute Gasteiger partial charge is 0.459 e. The normalized spacial score (nSPS) is 21.2. The minimum Gasteiger partial charge on any atom is -0.459 e. The van der Waals surface area contributed by atoms with Gasteiger partial charge in [-0.3, -0.25) is 0 Å². The Kier molecular flexibility index (Phi) is 5.72. The lowest BCUT2D eigenvalue weighted by atomic mass is 10.0. The first-order chi connectivity index (χ1) is 10.1. The molecule has 2 N–H and O–H groups in total. The molecule has 0 saturated heterocycles. The van der Waals surface area contributed by atoms with E-state index in [9.17, 15) is 15.0 Å². The van der Waals surface area contributed by atoms with E-state index in [0.717, 1.165) is 5.56 Å². The van der Waals surface area contributed by atoms with Crippen molar-refractivity contribution in [3.8, 4) is 0 Å². The van der Waals surface area contributed by atoms with Gasteiger partial charge in [0.05, 0.1) is 12.2 Å². The maximum absolute atomic E-state index is 11.1. The van der Waals surface area contributed by atoms with Gasteiger partial charge in [-0.2, -0.15) is 0 Å². The van der Waals surface area contributed by atoms with E-state index < -0.39 is 12.2 Å². The van der Waals surface area contributed by atoms with Gasteiger partial charge in [0.2, 0.25) is 0 Å². The lowest BCUT2D eigenvalue weighted by molar-refractivity contribution is -0.145. The molecular weight excluding hydrogens is 268 g/mol. The molecule has 0 aromatic heterocycles. The van der Waals surface area contributed by atoms with Crippen LogP contribution in [0, 0.1) is 0 Å². The van der Waals surface area contributed by atoms with Crippen molar-refractivity contribution in [2.24, 2.45) is 0 Å². The molecule has 2 rings (SSSR count). The number of carbonyl (C=O) groups is 1. The lowest BCUT2D eigenvalue weighted by Crippen LogP contribution is -2.27. The number of ether oxygens (including phenoxy) is 1. The third-order valence-electron chi connectivity index (χ3n) is 3.29. The summed E-state index contributed by atoms with van der Waals surface area (Å²) >= 11 is 0. The van der Waals surface area contributed by atoms with Gasteiger partial charge in [-0.15, -0.1) is 0 Å². The first-order valence-corrected chi connectivity index (χ1v) is 7.10. The minimum atomic E-state index is -0.727. The van der Waals surface area contributed by atoms with Gasteiger partial charge in [0.15, 0.2) is 0 Å². The van der Waals surface area contributed by atoms with Crippen LogP contribution in [0.3, 0.4) is 0 Å². The lowest BCUT2D eigenvalue weighted by Gasteiger charge is -2.22. The molecule has 1 aromatic carbocycles. The van der Waals surface area contributed by atoms with Crippen LogP contribution in [0.1, 0.15) is 24.8 Å². The summed E-state index contributed by atoms with van der Waals surface area (Å²) in [6, 6.07) is 9.65. The summed E-state index contributed by atoms with van der Waals surface area (Å²) in [7, 11) is 0.